The van der Waals surface area contributed by atoms with Crippen LogP contribution in [0.1, 0.15) is 52.2 Å². The summed E-state index contributed by atoms with van der Waals surface area (Å²) in [5.74, 6) is 0. The predicted molar refractivity (Wildman–Crippen MR) is 67.2 cm³/mol. The van der Waals surface area contributed by atoms with E-state index in [1.165, 1.54) is 14.5 Å². The van der Waals surface area contributed by atoms with Crippen molar-refractivity contribution in [1.82, 2.24) is 4.98 Å². The van der Waals surface area contributed by atoms with Gasteiger partial charge in [0.15, 0.2) is 0 Å². The van der Waals surface area contributed by atoms with Crippen molar-refractivity contribution >= 4 is 27.3 Å². The van der Waals surface area contributed by atoms with Crippen LogP contribution in [0.3, 0.4) is 0 Å². The molecule has 14 heavy (non-hydrogen) atoms. The summed E-state index contributed by atoms with van der Waals surface area (Å²) < 4.78 is 1.18. The summed E-state index contributed by atoms with van der Waals surface area (Å²) in [6, 6.07) is 0. The van der Waals surface area contributed by atoms with Crippen LogP contribution in [-0.4, -0.2) is 4.98 Å². The topological polar surface area (TPSA) is 12.9 Å². The largest absolute Gasteiger partial charge is 0.244 e. The summed E-state index contributed by atoms with van der Waals surface area (Å²) in [6.45, 7) is 13.2. The molecule has 1 heterocycles. The van der Waals surface area contributed by atoms with Crippen LogP contribution in [-0.2, 0) is 10.8 Å². The van der Waals surface area contributed by atoms with Crippen LogP contribution in [0.5, 0.6) is 0 Å². The van der Waals surface area contributed by atoms with E-state index in [9.17, 15) is 0 Å². The van der Waals surface area contributed by atoms with Crippen molar-refractivity contribution in [3.05, 3.63) is 14.5 Å². The van der Waals surface area contributed by atoms with Crippen LogP contribution in [0.25, 0.3) is 0 Å². The van der Waals surface area contributed by atoms with E-state index in [-0.39, 0.29) is 10.8 Å². The van der Waals surface area contributed by atoms with Crippen molar-refractivity contribution in [2.75, 3.05) is 0 Å². The zero-order valence-corrected chi connectivity index (χ0v) is 12.1. The Morgan fingerprint density at radius 1 is 1.00 bits per heavy atom. The fraction of sp³-hybridized carbons (Fsp3) is 0.727. The highest BCUT2D eigenvalue weighted by Gasteiger charge is 2.26. The average molecular weight is 276 g/mol. The minimum absolute atomic E-state index is 0.124. The minimum atomic E-state index is 0.124. The number of rotatable bonds is 0. The summed E-state index contributed by atoms with van der Waals surface area (Å²) in [4.78, 5) is 4.72. The Balaban J connectivity index is 3.19. The van der Waals surface area contributed by atoms with Crippen LogP contribution in [0.2, 0.25) is 0 Å². The molecule has 0 bridgehead atoms. The van der Waals surface area contributed by atoms with Gasteiger partial charge in [-0.25, -0.2) is 4.98 Å². The van der Waals surface area contributed by atoms with Gasteiger partial charge in [0.1, 0.15) is 0 Å². The van der Waals surface area contributed by atoms with E-state index in [4.69, 9.17) is 4.98 Å². The maximum atomic E-state index is 4.72. The van der Waals surface area contributed by atoms with Gasteiger partial charge in [0, 0.05) is 10.8 Å². The highest BCUT2D eigenvalue weighted by molar-refractivity contribution is 9.11. The molecule has 0 aliphatic heterocycles. The first-order chi connectivity index (χ1) is 6.12. The molecule has 0 saturated heterocycles. The molecule has 0 amide bonds. The minimum Gasteiger partial charge on any atom is -0.244 e. The first-order valence-corrected chi connectivity index (χ1v) is 6.40. The fourth-order valence-corrected chi connectivity index (χ4v) is 3.29. The molecular weight excluding hydrogens is 258 g/mol. The van der Waals surface area contributed by atoms with Gasteiger partial charge >= 0.3 is 0 Å². The van der Waals surface area contributed by atoms with E-state index >= 15 is 0 Å². The first-order valence-electron chi connectivity index (χ1n) is 4.79. The SMILES string of the molecule is CC(C)(C)c1nc(C(C)(C)C)c(Br)s1. The van der Waals surface area contributed by atoms with E-state index in [1.54, 1.807) is 11.3 Å². The molecular formula is C11H18BrNS. The zero-order valence-electron chi connectivity index (χ0n) is 9.73. The molecule has 0 aliphatic rings. The molecule has 0 saturated carbocycles. The standard InChI is InChI=1S/C11H18BrNS/c1-10(2,3)7-8(12)14-9(13-7)11(4,5)6/h1-6H3. The molecule has 0 spiro atoms. The summed E-state index contributed by atoms with van der Waals surface area (Å²) in [5.41, 5.74) is 1.45. The summed E-state index contributed by atoms with van der Waals surface area (Å²) in [7, 11) is 0. The molecule has 0 aromatic carbocycles. The number of thiazole rings is 1. The van der Waals surface area contributed by atoms with Gasteiger partial charge in [-0.1, -0.05) is 41.5 Å². The molecule has 1 aromatic heterocycles. The van der Waals surface area contributed by atoms with Gasteiger partial charge in [0.05, 0.1) is 14.5 Å². The Morgan fingerprint density at radius 3 is 1.71 bits per heavy atom. The van der Waals surface area contributed by atoms with Gasteiger partial charge in [0.25, 0.3) is 0 Å². The normalized spacial score (nSPS) is 13.4. The Bertz CT molecular complexity index is 328. The van der Waals surface area contributed by atoms with E-state index < -0.39 is 0 Å². The Hall–Kier alpha value is 0.110. The molecule has 0 unspecified atom stereocenters. The average Bonchev–Trinajstić information content (AvgIpc) is 2.27. The predicted octanol–water partition coefficient (Wildman–Crippen LogP) is 4.50. The van der Waals surface area contributed by atoms with Gasteiger partial charge in [-0.2, -0.15) is 0 Å². The highest BCUT2D eigenvalue weighted by atomic mass is 79.9. The van der Waals surface area contributed by atoms with Crippen molar-refractivity contribution in [3.8, 4) is 0 Å². The smallest absolute Gasteiger partial charge is 0.0993 e. The van der Waals surface area contributed by atoms with Crippen LogP contribution in [0.4, 0.5) is 0 Å². The van der Waals surface area contributed by atoms with Crippen molar-refractivity contribution in [2.24, 2.45) is 0 Å². The lowest BCUT2D eigenvalue weighted by molar-refractivity contribution is 0.545. The molecule has 1 rings (SSSR count). The molecule has 3 heteroatoms. The van der Waals surface area contributed by atoms with Crippen LogP contribution in [0, 0.1) is 0 Å². The van der Waals surface area contributed by atoms with Crippen molar-refractivity contribution in [2.45, 2.75) is 52.4 Å². The maximum absolute atomic E-state index is 4.72. The van der Waals surface area contributed by atoms with Crippen molar-refractivity contribution < 1.29 is 0 Å². The van der Waals surface area contributed by atoms with E-state index in [2.05, 4.69) is 57.5 Å². The summed E-state index contributed by atoms with van der Waals surface area (Å²) in [5, 5.41) is 1.20. The second kappa shape index (κ2) is 3.60. The van der Waals surface area contributed by atoms with Gasteiger partial charge in [-0.3, -0.25) is 0 Å². The maximum Gasteiger partial charge on any atom is 0.0993 e. The Kier molecular flexibility index (Phi) is 3.13. The summed E-state index contributed by atoms with van der Waals surface area (Å²) >= 11 is 5.36. The second-order valence-corrected chi connectivity index (χ2v) is 7.96. The molecule has 0 radical (unpaired) electrons. The van der Waals surface area contributed by atoms with Gasteiger partial charge in [0.2, 0.25) is 0 Å². The van der Waals surface area contributed by atoms with E-state index in [1.807, 2.05) is 0 Å². The molecule has 80 valence electrons. The fourth-order valence-electron chi connectivity index (χ4n) is 1.08. The number of hydrogen-bond acceptors (Lipinski definition) is 2. The molecule has 0 N–H and O–H groups in total. The molecule has 0 fully saturated rings. The molecule has 1 aromatic rings. The van der Waals surface area contributed by atoms with E-state index in [0.717, 1.165) is 0 Å². The third-order valence-corrected chi connectivity index (χ3v) is 4.07. The lowest BCUT2D eigenvalue weighted by atomic mass is 9.92. The summed E-state index contributed by atoms with van der Waals surface area (Å²) in [6.07, 6.45) is 0. The highest BCUT2D eigenvalue weighted by Crippen LogP contribution is 2.37. The van der Waals surface area contributed by atoms with Gasteiger partial charge < -0.3 is 0 Å². The Labute approximate surface area is 99.1 Å². The number of aromatic nitrogens is 1. The van der Waals surface area contributed by atoms with Crippen molar-refractivity contribution in [3.63, 3.8) is 0 Å². The van der Waals surface area contributed by atoms with Crippen LogP contribution in [0.15, 0.2) is 3.79 Å². The third kappa shape index (κ3) is 2.57. The lowest BCUT2D eigenvalue weighted by Gasteiger charge is -2.17. The lowest BCUT2D eigenvalue weighted by Crippen LogP contribution is -2.15. The van der Waals surface area contributed by atoms with Gasteiger partial charge in [-0.05, 0) is 15.9 Å². The first kappa shape index (κ1) is 12.2. The monoisotopic (exact) mass is 275 g/mol. The number of nitrogens with zero attached hydrogens (tertiary/aromatic N) is 1. The molecule has 0 atom stereocenters. The van der Waals surface area contributed by atoms with Crippen LogP contribution < -0.4 is 0 Å². The van der Waals surface area contributed by atoms with Crippen molar-refractivity contribution in [1.29, 1.82) is 0 Å². The number of hydrogen-bond donors (Lipinski definition) is 0. The quantitative estimate of drug-likeness (QED) is 0.679. The molecule has 0 aliphatic carbocycles. The van der Waals surface area contributed by atoms with E-state index in [0.29, 0.717) is 0 Å². The third-order valence-electron chi connectivity index (χ3n) is 1.94. The number of halogens is 1. The molecule has 1 nitrogen and oxygen atoms in total. The van der Waals surface area contributed by atoms with Crippen LogP contribution >= 0.6 is 27.3 Å². The van der Waals surface area contributed by atoms with Gasteiger partial charge in [-0.15, -0.1) is 11.3 Å². The second-order valence-electron chi connectivity index (χ2n) is 5.64. The zero-order chi connectivity index (χ0) is 11.1. The Morgan fingerprint density at radius 2 is 1.50 bits per heavy atom.